The molecule has 1 fully saturated rings. The summed E-state index contributed by atoms with van der Waals surface area (Å²) in [5.41, 5.74) is 0.535. The molecule has 1 aromatic heterocycles. The fourth-order valence-electron chi connectivity index (χ4n) is 3.23. The van der Waals surface area contributed by atoms with Crippen LogP contribution in [-0.2, 0) is 11.3 Å². The summed E-state index contributed by atoms with van der Waals surface area (Å²) in [5.74, 6) is 0.241. The number of thioether (sulfide) groups is 1. The summed E-state index contributed by atoms with van der Waals surface area (Å²) in [4.78, 5) is 14.2. The number of carbonyl (C=O) groups is 1. The van der Waals surface area contributed by atoms with E-state index in [0.29, 0.717) is 6.54 Å². The van der Waals surface area contributed by atoms with Gasteiger partial charge in [-0.2, -0.15) is 5.26 Å². The fraction of sp³-hybridized carbons (Fsp3) is 0.474. The number of anilines is 1. The molecule has 1 aliphatic rings. The predicted molar refractivity (Wildman–Crippen MR) is 109 cm³/mol. The highest BCUT2D eigenvalue weighted by molar-refractivity contribution is 8.01. The Balaban J connectivity index is 1.50. The Kier molecular flexibility index (Phi) is 6.69. The zero-order valence-corrected chi connectivity index (χ0v) is 17.0. The van der Waals surface area contributed by atoms with Gasteiger partial charge in [-0.05, 0) is 18.4 Å². The molecule has 2 aromatic rings. The summed E-state index contributed by atoms with van der Waals surface area (Å²) in [5, 5.41) is 21.9. The first-order valence-electron chi connectivity index (χ1n) is 9.05. The van der Waals surface area contributed by atoms with E-state index in [0.717, 1.165) is 41.6 Å². The Bertz CT molecular complexity index is 796. The minimum atomic E-state index is -0.639. The van der Waals surface area contributed by atoms with Crippen LogP contribution in [0, 0.1) is 11.3 Å². The summed E-state index contributed by atoms with van der Waals surface area (Å²) >= 11 is 2.82. The molecule has 8 heteroatoms. The van der Waals surface area contributed by atoms with Crippen LogP contribution in [0.5, 0.6) is 0 Å². The standard InChI is InChI=1S/C19H23N5OS2/c1-24(19(14-20)10-6-3-7-11-19)16(25)13-26-18-23-22-17(27-18)21-12-15-8-4-2-5-9-15/h2,4-5,8-9H,3,6-7,10-13H2,1H3,(H,21,22). The van der Waals surface area contributed by atoms with Crippen molar-refractivity contribution in [3.8, 4) is 6.07 Å². The average Bonchev–Trinajstić information content (AvgIpc) is 3.19. The second-order valence-electron chi connectivity index (χ2n) is 6.66. The van der Waals surface area contributed by atoms with Gasteiger partial charge in [0.05, 0.1) is 11.8 Å². The maximum absolute atomic E-state index is 12.6. The molecule has 1 amide bonds. The third-order valence-corrected chi connectivity index (χ3v) is 6.92. The lowest BCUT2D eigenvalue weighted by Gasteiger charge is -2.38. The van der Waals surface area contributed by atoms with Crippen molar-refractivity contribution in [1.82, 2.24) is 15.1 Å². The number of rotatable bonds is 7. The molecule has 0 aliphatic heterocycles. The molecule has 0 atom stereocenters. The number of hydrogen-bond donors (Lipinski definition) is 1. The molecule has 1 saturated carbocycles. The summed E-state index contributed by atoms with van der Waals surface area (Å²) in [6, 6.07) is 12.5. The molecular formula is C19H23N5OS2. The minimum Gasteiger partial charge on any atom is -0.356 e. The maximum atomic E-state index is 12.6. The number of benzene rings is 1. The molecule has 1 heterocycles. The Labute approximate surface area is 168 Å². The lowest BCUT2D eigenvalue weighted by Crippen LogP contribution is -2.50. The first-order valence-corrected chi connectivity index (χ1v) is 10.9. The molecule has 3 rings (SSSR count). The normalized spacial score (nSPS) is 15.7. The van der Waals surface area contributed by atoms with Crippen LogP contribution in [0.15, 0.2) is 34.7 Å². The van der Waals surface area contributed by atoms with Gasteiger partial charge in [0.2, 0.25) is 11.0 Å². The average molecular weight is 402 g/mol. The van der Waals surface area contributed by atoms with E-state index < -0.39 is 5.54 Å². The molecule has 27 heavy (non-hydrogen) atoms. The number of amides is 1. The molecule has 1 N–H and O–H groups in total. The monoisotopic (exact) mass is 401 g/mol. The van der Waals surface area contributed by atoms with E-state index in [1.54, 1.807) is 11.9 Å². The third-order valence-electron chi connectivity index (χ3n) is 4.92. The van der Waals surface area contributed by atoms with Crippen LogP contribution in [0.3, 0.4) is 0 Å². The highest BCUT2D eigenvalue weighted by Crippen LogP contribution is 2.33. The van der Waals surface area contributed by atoms with Gasteiger partial charge in [0.25, 0.3) is 0 Å². The van der Waals surface area contributed by atoms with Crippen LogP contribution in [0.25, 0.3) is 0 Å². The van der Waals surface area contributed by atoms with Crippen molar-refractivity contribution in [2.45, 2.75) is 48.5 Å². The number of nitrogens with zero attached hydrogens (tertiary/aromatic N) is 4. The predicted octanol–water partition coefficient (Wildman–Crippen LogP) is 3.93. The third kappa shape index (κ3) is 4.99. The van der Waals surface area contributed by atoms with Crippen molar-refractivity contribution < 1.29 is 4.79 Å². The number of nitriles is 1. The number of aromatic nitrogens is 2. The van der Waals surface area contributed by atoms with Crippen molar-refractivity contribution in [2.24, 2.45) is 0 Å². The summed E-state index contributed by atoms with van der Waals surface area (Å²) < 4.78 is 0.752. The van der Waals surface area contributed by atoms with E-state index in [2.05, 4.69) is 33.7 Å². The van der Waals surface area contributed by atoms with Gasteiger partial charge >= 0.3 is 0 Å². The second kappa shape index (κ2) is 9.20. The van der Waals surface area contributed by atoms with E-state index in [4.69, 9.17) is 0 Å². The molecule has 0 radical (unpaired) electrons. The molecule has 0 unspecified atom stereocenters. The van der Waals surface area contributed by atoms with Crippen molar-refractivity contribution >= 4 is 34.1 Å². The van der Waals surface area contributed by atoms with Gasteiger partial charge in [-0.1, -0.05) is 72.7 Å². The van der Waals surface area contributed by atoms with E-state index in [9.17, 15) is 10.1 Å². The van der Waals surface area contributed by atoms with Gasteiger partial charge in [-0.25, -0.2) is 0 Å². The van der Waals surface area contributed by atoms with Gasteiger partial charge in [0, 0.05) is 13.6 Å². The number of nitrogens with one attached hydrogen (secondary N) is 1. The summed E-state index contributed by atoms with van der Waals surface area (Å²) in [7, 11) is 1.75. The summed E-state index contributed by atoms with van der Waals surface area (Å²) in [6.45, 7) is 0.687. The van der Waals surface area contributed by atoms with E-state index in [-0.39, 0.29) is 11.7 Å². The molecule has 1 aliphatic carbocycles. The molecule has 0 saturated heterocycles. The second-order valence-corrected chi connectivity index (χ2v) is 8.86. The quantitative estimate of drug-likeness (QED) is 0.708. The van der Waals surface area contributed by atoms with E-state index >= 15 is 0 Å². The molecule has 0 spiro atoms. The lowest BCUT2D eigenvalue weighted by molar-refractivity contribution is -0.131. The smallest absolute Gasteiger partial charge is 0.234 e. The Morgan fingerprint density at radius 1 is 1.30 bits per heavy atom. The van der Waals surface area contributed by atoms with Gasteiger partial charge in [-0.3, -0.25) is 4.79 Å². The highest BCUT2D eigenvalue weighted by Gasteiger charge is 2.38. The molecule has 0 bridgehead atoms. The first-order chi connectivity index (χ1) is 13.1. The Hall–Kier alpha value is -2.11. The van der Waals surface area contributed by atoms with Crippen LogP contribution in [0.2, 0.25) is 0 Å². The molecule has 1 aromatic carbocycles. The zero-order chi connectivity index (χ0) is 19.1. The van der Waals surface area contributed by atoms with Crippen LogP contribution in [-0.4, -0.2) is 39.3 Å². The topological polar surface area (TPSA) is 81.9 Å². The largest absolute Gasteiger partial charge is 0.356 e. The summed E-state index contributed by atoms with van der Waals surface area (Å²) in [6.07, 6.45) is 4.69. The van der Waals surface area contributed by atoms with Crippen LogP contribution in [0.4, 0.5) is 5.13 Å². The van der Waals surface area contributed by atoms with Crippen molar-refractivity contribution in [1.29, 1.82) is 5.26 Å². The van der Waals surface area contributed by atoms with Crippen molar-refractivity contribution in [3.63, 3.8) is 0 Å². The SMILES string of the molecule is CN(C(=O)CSc1nnc(NCc2ccccc2)s1)C1(C#N)CCCCC1. The van der Waals surface area contributed by atoms with Crippen molar-refractivity contribution in [3.05, 3.63) is 35.9 Å². The van der Waals surface area contributed by atoms with Gasteiger partial charge in [0.15, 0.2) is 4.34 Å². The molecule has 6 nitrogen and oxygen atoms in total. The highest BCUT2D eigenvalue weighted by atomic mass is 32.2. The Morgan fingerprint density at radius 2 is 2.04 bits per heavy atom. The van der Waals surface area contributed by atoms with Crippen molar-refractivity contribution in [2.75, 3.05) is 18.1 Å². The number of carbonyl (C=O) groups excluding carboxylic acids is 1. The molecule has 142 valence electrons. The number of hydrogen-bond acceptors (Lipinski definition) is 7. The molecular weight excluding hydrogens is 378 g/mol. The van der Waals surface area contributed by atoms with Crippen LogP contribution in [0.1, 0.15) is 37.7 Å². The Morgan fingerprint density at radius 3 is 2.74 bits per heavy atom. The maximum Gasteiger partial charge on any atom is 0.234 e. The van der Waals surface area contributed by atoms with Crippen LogP contribution >= 0.6 is 23.1 Å². The minimum absolute atomic E-state index is 0.0301. The van der Waals surface area contributed by atoms with E-state index in [1.165, 1.54) is 28.7 Å². The van der Waals surface area contributed by atoms with Gasteiger partial charge < -0.3 is 10.2 Å². The zero-order valence-electron chi connectivity index (χ0n) is 15.4. The fourth-order valence-corrected chi connectivity index (χ4v) is 4.89. The van der Waals surface area contributed by atoms with E-state index in [1.807, 2.05) is 18.2 Å². The van der Waals surface area contributed by atoms with Crippen LogP contribution < -0.4 is 5.32 Å². The first kappa shape index (κ1) is 19.6. The van der Waals surface area contributed by atoms with Gasteiger partial charge in [-0.15, -0.1) is 10.2 Å². The lowest BCUT2D eigenvalue weighted by atomic mass is 9.81. The van der Waals surface area contributed by atoms with Gasteiger partial charge in [0.1, 0.15) is 5.54 Å².